The van der Waals surface area contributed by atoms with Gasteiger partial charge >= 0.3 is 0 Å². The predicted octanol–water partition coefficient (Wildman–Crippen LogP) is 2.80. The van der Waals surface area contributed by atoms with Crippen LogP contribution >= 0.6 is 0 Å². The summed E-state index contributed by atoms with van der Waals surface area (Å²) >= 11 is 0. The Hall–Kier alpha value is -1.92. The number of carbonyl (C=O) groups excluding carboxylic acids is 2. The van der Waals surface area contributed by atoms with Crippen LogP contribution in [0.1, 0.15) is 55.3 Å². The van der Waals surface area contributed by atoms with Crippen LogP contribution in [0.2, 0.25) is 0 Å². The number of likely N-dealkylation sites (N-methyl/N-ethyl adjacent to an activating group) is 1. The van der Waals surface area contributed by atoms with Crippen LogP contribution in [-0.4, -0.2) is 55.6 Å². The van der Waals surface area contributed by atoms with E-state index in [9.17, 15) is 9.59 Å². The highest BCUT2D eigenvalue weighted by molar-refractivity contribution is 5.97. The van der Waals surface area contributed by atoms with Gasteiger partial charge in [-0.25, -0.2) is 0 Å². The van der Waals surface area contributed by atoms with Gasteiger partial charge in [0, 0.05) is 30.4 Å². The number of amides is 2. The van der Waals surface area contributed by atoms with Crippen LogP contribution in [0.25, 0.3) is 0 Å². The third kappa shape index (κ3) is 6.04. The Kier molecular flexibility index (Phi) is 7.24. The summed E-state index contributed by atoms with van der Waals surface area (Å²) in [5, 5.41) is 5.83. The minimum atomic E-state index is -0.138. The van der Waals surface area contributed by atoms with E-state index in [4.69, 9.17) is 4.74 Å². The lowest BCUT2D eigenvalue weighted by Crippen LogP contribution is -2.39. The second-order valence-electron chi connectivity index (χ2n) is 7.68. The first-order valence-electron chi connectivity index (χ1n) is 10.1. The second-order valence-corrected chi connectivity index (χ2v) is 7.68. The Morgan fingerprint density at radius 2 is 1.96 bits per heavy atom. The summed E-state index contributed by atoms with van der Waals surface area (Å²) in [6.07, 6.45) is 8.31. The fourth-order valence-corrected chi connectivity index (χ4v) is 3.93. The normalized spacial score (nSPS) is 20.6. The first kappa shape index (κ1) is 19.8. The van der Waals surface area contributed by atoms with Crippen LogP contribution in [0.3, 0.4) is 0 Å². The molecule has 1 aliphatic heterocycles. The zero-order valence-corrected chi connectivity index (χ0v) is 16.2. The Labute approximate surface area is 161 Å². The van der Waals surface area contributed by atoms with Crippen molar-refractivity contribution in [1.29, 1.82) is 0 Å². The van der Waals surface area contributed by atoms with Crippen molar-refractivity contribution in [2.75, 3.05) is 32.1 Å². The van der Waals surface area contributed by atoms with Crippen molar-refractivity contribution in [2.24, 2.45) is 0 Å². The molecule has 27 heavy (non-hydrogen) atoms. The molecule has 2 amide bonds. The van der Waals surface area contributed by atoms with Crippen LogP contribution in [0.4, 0.5) is 5.69 Å². The van der Waals surface area contributed by atoms with E-state index in [2.05, 4.69) is 15.5 Å². The number of ether oxygens (including phenoxy) is 1. The summed E-state index contributed by atoms with van der Waals surface area (Å²) in [6.45, 7) is 1.68. The van der Waals surface area contributed by atoms with E-state index in [1.54, 1.807) is 18.2 Å². The van der Waals surface area contributed by atoms with E-state index >= 15 is 0 Å². The van der Waals surface area contributed by atoms with Crippen LogP contribution in [0.5, 0.6) is 0 Å². The number of rotatable bonds is 7. The molecule has 0 spiro atoms. The van der Waals surface area contributed by atoms with Gasteiger partial charge in [0.05, 0.1) is 12.6 Å². The molecule has 6 nitrogen and oxygen atoms in total. The van der Waals surface area contributed by atoms with Gasteiger partial charge < -0.3 is 15.4 Å². The lowest BCUT2D eigenvalue weighted by atomic mass is 9.94. The molecular formula is C21H31N3O3. The molecule has 0 bridgehead atoms. The van der Waals surface area contributed by atoms with Gasteiger partial charge in [-0.2, -0.15) is 0 Å². The number of carbonyl (C=O) groups is 2. The summed E-state index contributed by atoms with van der Waals surface area (Å²) in [7, 11) is 2.02. The zero-order chi connectivity index (χ0) is 19.1. The Bertz CT molecular complexity index is 637. The molecule has 2 aliphatic rings. The number of nitrogens with one attached hydrogen (secondary N) is 2. The van der Waals surface area contributed by atoms with Gasteiger partial charge in [-0.3, -0.25) is 14.5 Å². The molecule has 1 unspecified atom stereocenters. The third-order valence-electron chi connectivity index (χ3n) is 5.51. The van der Waals surface area contributed by atoms with Crippen molar-refractivity contribution >= 4 is 17.5 Å². The summed E-state index contributed by atoms with van der Waals surface area (Å²) in [4.78, 5) is 26.9. The van der Waals surface area contributed by atoms with Crippen molar-refractivity contribution in [1.82, 2.24) is 10.2 Å². The maximum Gasteiger partial charge on any atom is 0.251 e. The Morgan fingerprint density at radius 3 is 2.70 bits per heavy atom. The molecule has 1 atom stereocenters. The number of hydrogen-bond donors (Lipinski definition) is 2. The number of hydrogen-bond acceptors (Lipinski definition) is 4. The highest BCUT2D eigenvalue weighted by Gasteiger charge is 2.20. The molecule has 1 aromatic rings. The van der Waals surface area contributed by atoms with Crippen molar-refractivity contribution in [3.05, 3.63) is 29.8 Å². The number of nitrogens with zero attached hydrogens (tertiary/aromatic N) is 1. The van der Waals surface area contributed by atoms with E-state index in [-0.39, 0.29) is 17.9 Å². The van der Waals surface area contributed by atoms with Gasteiger partial charge in [0.2, 0.25) is 5.91 Å². The molecule has 148 valence electrons. The van der Waals surface area contributed by atoms with Crippen molar-refractivity contribution in [3.63, 3.8) is 0 Å². The molecule has 1 saturated carbocycles. The van der Waals surface area contributed by atoms with Gasteiger partial charge in [-0.05, 0) is 50.9 Å². The number of anilines is 1. The van der Waals surface area contributed by atoms with Gasteiger partial charge in [0.1, 0.15) is 0 Å². The monoisotopic (exact) mass is 373 g/mol. The molecule has 1 heterocycles. The van der Waals surface area contributed by atoms with E-state index in [0.29, 0.717) is 30.4 Å². The average Bonchev–Trinajstić information content (AvgIpc) is 3.20. The maximum absolute atomic E-state index is 12.4. The summed E-state index contributed by atoms with van der Waals surface area (Å²) in [5.74, 6) is -0.180. The van der Waals surface area contributed by atoms with Crippen LogP contribution in [-0.2, 0) is 9.53 Å². The maximum atomic E-state index is 12.4. The largest absolute Gasteiger partial charge is 0.376 e. The highest BCUT2D eigenvalue weighted by atomic mass is 16.5. The van der Waals surface area contributed by atoms with E-state index in [1.165, 1.54) is 32.1 Å². The SMILES string of the molecule is CN(CC(=O)Nc1cccc(C(=O)NCC2CCCO2)c1)C1CCCCC1. The fourth-order valence-electron chi connectivity index (χ4n) is 3.93. The standard InChI is InChI=1S/C21H31N3O3/c1-24(18-9-3-2-4-10-18)15-20(25)23-17-8-5-7-16(13-17)21(26)22-14-19-11-6-12-27-19/h5,7-8,13,18-19H,2-4,6,9-12,14-15H2,1H3,(H,22,26)(H,23,25). The smallest absolute Gasteiger partial charge is 0.251 e. The topological polar surface area (TPSA) is 70.7 Å². The first-order valence-corrected chi connectivity index (χ1v) is 10.1. The van der Waals surface area contributed by atoms with E-state index < -0.39 is 0 Å². The van der Waals surface area contributed by atoms with Gasteiger partial charge in [0.15, 0.2) is 0 Å². The quantitative estimate of drug-likeness (QED) is 0.771. The van der Waals surface area contributed by atoms with Crippen molar-refractivity contribution in [3.8, 4) is 0 Å². The molecule has 6 heteroatoms. The van der Waals surface area contributed by atoms with Crippen LogP contribution < -0.4 is 10.6 Å². The molecule has 3 rings (SSSR count). The molecule has 2 fully saturated rings. The van der Waals surface area contributed by atoms with Gasteiger partial charge in [-0.1, -0.05) is 25.3 Å². The lowest BCUT2D eigenvalue weighted by Gasteiger charge is -2.30. The number of benzene rings is 1. The molecule has 0 aromatic heterocycles. The minimum absolute atomic E-state index is 0.0417. The molecular weight excluding hydrogens is 342 g/mol. The molecule has 1 saturated heterocycles. The minimum Gasteiger partial charge on any atom is -0.376 e. The molecule has 1 aliphatic carbocycles. The second kappa shape index (κ2) is 9.85. The predicted molar refractivity (Wildman–Crippen MR) is 106 cm³/mol. The van der Waals surface area contributed by atoms with Crippen LogP contribution in [0, 0.1) is 0 Å². The van der Waals surface area contributed by atoms with Crippen LogP contribution in [0.15, 0.2) is 24.3 Å². The zero-order valence-electron chi connectivity index (χ0n) is 16.2. The molecule has 2 N–H and O–H groups in total. The highest BCUT2D eigenvalue weighted by Crippen LogP contribution is 2.21. The summed E-state index contributed by atoms with van der Waals surface area (Å²) in [6, 6.07) is 7.59. The molecule has 1 aromatic carbocycles. The lowest BCUT2D eigenvalue weighted by molar-refractivity contribution is -0.117. The summed E-state index contributed by atoms with van der Waals surface area (Å²) < 4.78 is 5.53. The van der Waals surface area contributed by atoms with Gasteiger partial charge in [-0.15, -0.1) is 0 Å². The first-order chi connectivity index (χ1) is 13.1. The summed E-state index contributed by atoms with van der Waals surface area (Å²) in [5.41, 5.74) is 1.20. The van der Waals surface area contributed by atoms with Crippen molar-refractivity contribution < 1.29 is 14.3 Å². The third-order valence-corrected chi connectivity index (χ3v) is 5.51. The van der Waals surface area contributed by atoms with E-state index in [1.807, 2.05) is 13.1 Å². The Balaban J connectivity index is 1.48. The molecule has 0 radical (unpaired) electrons. The fraction of sp³-hybridized carbons (Fsp3) is 0.619. The average molecular weight is 373 g/mol. The van der Waals surface area contributed by atoms with Crippen molar-refractivity contribution in [2.45, 2.75) is 57.1 Å². The Morgan fingerprint density at radius 1 is 1.15 bits per heavy atom. The van der Waals surface area contributed by atoms with Gasteiger partial charge in [0.25, 0.3) is 5.91 Å². The van der Waals surface area contributed by atoms with E-state index in [0.717, 1.165) is 19.4 Å².